The molecular weight excluding hydrogens is 240 g/mol. The van der Waals surface area contributed by atoms with Crippen molar-refractivity contribution >= 4 is 29.5 Å². The van der Waals surface area contributed by atoms with Crippen LogP contribution in [0.25, 0.3) is 0 Å². The summed E-state index contributed by atoms with van der Waals surface area (Å²) in [6.45, 7) is 2.59. The molecule has 1 amide bonds. The Morgan fingerprint density at radius 2 is 1.94 bits per heavy atom. The lowest BCUT2D eigenvalue weighted by Gasteiger charge is -2.35. The molecule has 0 bridgehead atoms. The maximum Gasteiger partial charge on any atom is 0.286 e. The van der Waals surface area contributed by atoms with E-state index in [1.165, 1.54) is 0 Å². The topological polar surface area (TPSA) is 40.6 Å². The van der Waals surface area contributed by atoms with Crippen molar-refractivity contribution in [3.8, 4) is 0 Å². The highest BCUT2D eigenvalue weighted by molar-refractivity contribution is 6.30. The standard InChI is InChI=1S/C12H13ClN2O2/c13-10-2-1-3-11(8-10)14-4-6-15(7-5-14)12(17)9-16/h1-3,8-9H,4-7H2. The number of amides is 1. The van der Waals surface area contributed by atoms with E-state index in [2.05, 4.69) is 4.90 Å². The van der Waals surface area contributed by atoms with Gasteiger partial charge in [-0.1, -0.05) is 17.7 Å². The van der Waals surface area contributed by atoms with Crippen LogP contribution in [0.2, 0.25) is 5.02 Å². The highest BCUT2D eigenvalue weighted by atomic mass is 35.5. The third-order valence-corrected chi connectivity index (χ3v) is 3.10. The van der Waals surface area contributed by atoms with Crippen LogP contribution in [-0.4, -0.2) is 43.3 Å². The number of hydrogen-bond donors (Lipinski definition) is 0. The van der Waals surface area contributed by atoms with Crippen LogP contribution in [0.3, 0.4) is 0 Å². The number of anilines is 1. The van der Waals surface area contributed by atoms with Crippen LogP contribution in [0.4, 0.5) is 5.69 Å². The quantitative estimate of drug-likeness (QED) is 0.586. The first-order chi connectivity index (χ1) is 8.20. The summed E-state index contributed by atoms with van der Waals surface area (Å²) in [6, 6.07) is 7.62. The van der Waals surface area contributed by atoms with Gasteiger partial charge in [0.15, 0.2) is 0 Å². The third-order valence-electron chi connectivity index (χ3n) is 2.87. The Labute approximate surface area is 105 Å². The van der Waals surface area contributed by atoms with Gasteiger partial charge in [0.25, 0.3) is 5.91 Å². The third kappa shape index (κ3) is 2.77. The second kappa shape index (κ2) is 5.19. The molecule has 1 aliphatic heterocycles. The minimum atomic E-state index is -0.434. The first-order valence-corrected chi connectivity index (χ1v) is 5.83. The fraction of sp³-hybridized carbons (Fsp3) is 0.333. The summed E-state index contributed by atoms with van der Waals surface area (Å²) >= 11 is 5.93. The fourth-order valence-electron chi connectivity index (χ4n) is 1.93. The highest BCUT2D eigenvalue weighted by Gasteiger charge is 2.20. The largest absolute Gasteiger partial charge is 0.368 e. The van der Waals surface area contributed by atoms with Crippen LogP contribution in [0.15, 0.2) is 24.3 Å². The summed E-state index contributed by atoms with van der Waals surface area (Å²) in [5.41, 5.74) is 1.05. The average molecular weight is 253 g/mol. The Balaban J connectivity index is 1.99. The van der Waals surface area contributed by atoms with E-state index < -0.39 is 5.91 Å². The summed E-state index contributed by atoms with van der Waals surface area (Å²) in [6.07, 6.45) is 0.370. The van der Waals surface area contributed by atoms with Gasteiger partial charge in [0.1, 0.15) is 0 Å². The number of hydrogen-bond acceptors (Lipinski definition) is 3. The summed E-state index contributed by atoms with van der Waals surface area (Å²) in [5.74, 6) is -0.434. The van der Waals surface area contributed by atoms with E-state index in [-0.39, 0.29) is 0 Å². The zero-order valence-corrected chi connectivity index (χ0v) is 10.1. The predicted octanol–water partition coefficient (Wildman–Crippen LogP) is 1.19. The molecule has 1 aliphatic rings. The minimum absolute atomic E-state index is 0.370. The number of rotatable bonds is 2. The van der Waals surface area contributed by atoms with Crippen molar-refractivity contribution in [2.45, 2.75) is 0 Å². The van der Waals surface area contributed by atoms with E-state index in [4.69, 9.17) is 11.6 Å². The van der Waals surface area contributed by atoms with Crippen LogP contribution in [0.5, 0.6) is 0 Å². The lowest BCUT2D eigenvalue weighted by atomic mass is 10.2. The Hall–Kier alpha value is -1.55. The van der Waals surface area contributed by atoms with Gasteiger partial charge in [-0.3, -0.25) is 9.59 Å². The second-order valence-corrected chi connectivity index (χ2v) is 4.35. The Morgan fingerprint density at radius 1 is 1.24 bits per heavy atom. The smallest absolute Gasteiger partial charge is 0.286 e. The summed E-state index contributed by atoms with van der Waals surface area (Å²) < 4.78 is 0. The minimum Gasteiger partial charge on any atom is -0.368 e. The van der Waals surface area contributed by atoms with Crippen molar-refractivity contribution in [3.05, 3.63) is 29.3 Å². The number of carbonyl (C=O) groups excluding carboxylic acids is 2. The molecule has 4 nitrogen and oxygen atoms in total. The van der Waals surface area contributed by atoms with Gasteiger partial charge >= 0.3 is 0 Å². The van der Waals surface area contributed by atoms with E-state index in [1.54, 1.807) is 4.90 Å². The molecule has 1 fully saturated rings. The molecule has 0 N–H and O–H groups in total. The van der Waals surface area contributed by atoms with Gasteiger partial charge in [0.05, 0.1) is 0 Å². The van der Waals surface area contributed by atoms with Crippen LogP contribution >= 0.6 is 11.6 Å². The number of nitrogens with zero attached hydrogens (tertiary/aromatic N) is 2. The molecule has 0 atom stereocenters. The van der Waals surface area contributed by atoms with Crippen molar-refractivity contribution in [2.75, 3.05) is 31.1 Å². The Bertz CT molecular complexity index is 428. The molecule has 17 heavy (non-hydrogen) atoms. The van der Waals surface area contributed by atoms with Gasteiger partial charge in [-0.15, -0.1) is 0 Å². The van der Waals surface area contributed by atoms with E-state index in [9.17, 15) is 9.59 Å². The molecule has 5 heteroatoms. The molecule has 0 spiro atoms. The molecule has 0 aliphatic carbocycles. The van der Waals surface area contributed by atoms with Crippen molar-refractivity contribution < 1.29 is 9.59 Å². The van der Waals surface area contributed by atoms with Gasteiger partial charge in [0, 0.05) is 36.9 Å². The Morgan fingerprint density at radius 3 is 2.53 bits per heavy atom. The van der Waals surface area contributed by atoms with E-state index in [0.717, 1.165) is 18.8 Å². The molecule has 1 heterocycles. The molecular formula is C12H13ClN2O2. The molecule has 1 aromatic carbocycles. The van der Waals surface area contributed by atoms with E-state index in [0.29, 0.717) is 24.4 Å². The molecule has 90 valence electrons. The van der Waals surface area contributed by atoms with Gasteiger partial charge in [-0.05, 0) is 18.2 Å². The normalized spacial score (nSPS) is 15.8. The van der Waals surface area contributed by atoms with Gasteiger partial charge in [-0.2, -0.15) is 0 Å². The highest BCUT2D eigenvalue weighted by Crippen LogP contribution is 2.20. The summed E-state index contributed by atoms with van der Waals surface area (Å²) in [4.78, 5) is 25.3. The number of benzene rings is 1. The maximum atomic E-state index is 11.2. The van der Waals surface area contributed by atoms with Crippen molar-refractivity contribution in [1.29, 1.82) is 0 Å². The monoisotopic (exact) mass is 252 g/mol. The Kier molecular flexibility index (Phi) is 3.64. The molecule has 0 aromatic heterocycles. The van der Waals surface area contributed by atoms with Crippen molar-refractivity contribution in [2.24, 2.45) is 0 Å². The first kappa shape index (κ1) is 11.9. The van der Waals surface area contributed by atoms with Gasteiger partial charge < -0.3 is 9.80 Å². The van der Waals surface area contributed by atoms with E-state index >= 15 is 0 Å². The SMILES string of the molecule is O=CC(=O)N1CCN(c2cccc(Cl)c2)CC1. The number of piperazine rings is 1. The zero-order valence-electron chi connectivity index (χ0n) is 9.30. The average Bonchev–Trinajstić information content (AvgIpc) is 2.38. The molecule has 0 saturated carbocycles. The summed E-state index contributed by atoms with van der Waals surface area (Å²) in [7, 11) is 0. The second-order valence-electron chi connectivity index (χ2n) is 3.91. The molecule has 1 aromatic rings. The van der Waals surface area contributed by atoms with Crippen LogP contribution in [0, 0.1) is 0 Å². The number of halogens is 1. The first-order valence-electron chi connectivity index (χ1n) is 5.45. The lowest BCUT2D eigenvalue weighted by molar-refractivity contribution is -0.139. The number of carbonyl (C=O) groups is 2. The molecule has 2 rings (SSSR count). The fourth-order valence-corrected chi connectivity index (χ4v) is 2.12. The zero-order chi connectivity index (χ0) is 12.3. The lowest BCUT2D eigenvalue weighted by Crippen LogP contribution is -2.49. The van der Waals surface area contributed by atoms with Crippen molar-refractivity contribution in [3.63, 3.8) is 0 Å². The molecule has 0 unspecified atom stereocenters. The summed E-state index contributed by atoms with van der Waals surface area (Å²) in [5, 5.41) is 0.703. The van der Waals surface area contributed by atoms with Gasteiger partial charge in [-0.25, -0.2) is 0 Å². The van der Waals surface area contributed by atoms with Gasteiger partial charge in [0.2, 0.25) is 6.29 Å². The van der Waals surface area contributed by atoms with Crippen molar-refractivity contribution in [1.82, 2.24) is 4.90 Å². The maximum absolute atomic E-state index is 11.2. The van der Waals surface area contributed by atoms with Crippen LogP contribution in [0.1, 0.15) is 0 Å². The van der Waals surface area contributed by atoms with Crippen LogP contribution in [-0.2, 0) is 9.59 Å². The van der Waals surface area contributed by atoms with E-state index in [1.807, 2.05) is 24.3 Å². The molecule has 1 saturated heterocycles. The molecule has 0 radical (unpaired) electrons. The number of aldehydes is 1. The predicted molar refractivity (Wildman–Crippen MR) is 66.3 cm³/mol. The van der Waals surface area contributed by atoms with Crippen LogP contribution < -0.4 is 4.90 Å².